The molecule has 120 valence electrons. The van der Waals surface area contributed by atoms with Crippen molar-refractivity contribution in [1.29, 1.82) is 0 Å². The second-order valence-electron chi connectivity index (χ2n) is 5.31. The van der Waals surface area contributed by atoms with Crippen LogP contribution in [0.2, 0.25) is 0 Å². The third-order valence-corrected chi connectivity index (χ3v) is 3.26. The van der Waals surface area contributed by atoms with Crippen molar-refractivity contribution in [2.45, 2.75) is 26.8 Å². The van der Waals surface area contributed by atoms with Gasteiger partial charge in [-0.05, 0) is 36.6 Å². The van der Waals surface area contributed by atoms with Gasteiger partial charge in [0, 0.05) is 12.1 Å². The Morgan fingerprint density at radius 1 is 1.18 bits per heavy atom. The largest absolute Gasteiger partial charge is 0.497 e. The Labute approximate surface area is 131 Å². The number of rotatable bonds is 7. The number of hydrogen-bond acceptors (Lipinski definition) is 4. The molecule has 1 amide bonds. The number of methoxy groups -OCH3 is 1. The smallest absolute Gasteiger partial charge is 0.331 e. The Balaban J connectivity index is 2.39. The van der Waals surface area contributed by atoms with Crippen molar-refractivity contribution in [2.24, 2.45) is 5.92 Å². The van der Waals surface area contributed by atoms with Gasteiger partial charge in [0.15, 0.2) is 6.61 Å². The molecule has 0 saturated heterocycles. The van der Waals surface area contributed by atoms with Crippen molar-refractivity contribution in [1.82, 2.24) is 5.32 Å². The summed E-state index contributed by atoms with van der Waals surface area (Å²) in [6, 6.07) is 7.28. The second-order valence-corrected chi connectivity index (χ2v) is 5.31. The molecule has 0 aromatic heterocycles. The summed E-state index contributed by atoms with van der Waals surface area (Å²) in [5.41, 5.74) is 0.843. The van der Waals surface area contributed by atoms with E-state index in [9.17, 15) is 9.59 Å². The fourth-order valence-electron chi connectivity index (χ4n) is 1.53. The van der Waals surface area contributed by atoms with Gasteiger partial charge in [0.25, 0.3) is 5.91 Å². The Morgan fingerprint density at radius 3 is 2.36 bits per heavy atom. The lowest BCUT2D eigenvalue weighted by Crippen LogP contribution is -2.38. The van der Waals surface area contributed by atoms with Crippen LogP contribution in [0, 0.1) is 5.92 Å². The molecule has 0 fully saturated rings. The van der Waals surface area contributed by atoms with E-state index < -0.39 is 5.97 Å². The monoisotopic (exact) mass is 305 g/mol. The lowest BCUT2D eigenvalue weighted by molar-refractivity contribution is -0.144. The van der Waals surface area contributed by atoms with Gasteiger partial charge < -0.3 is 14.8 Å². The van der Waals surface area contributed by atoms with Gasteiger partial charge in [-0.1, -0.05) is 26.0 Å². The van der Waals surface area contributed by atoms with E-state index in [1.807, 2.05) is 32.9 Å². The van der Waals surface area contributed by atoms with Crippen LogP contribution in [0.4, 0.5) is 0 Å². The van der Waals surface area contributed by atoms with E-state index >= 15 is 0 Å². The highest BCUT2D eigenvalue weighted by molar-refractivity contribution is 5.89. The molecular formula is C17H23NO4. The topological polar surface area (TPSA) is 64.6 Å². The highest BCUT2D eigenvalue weighted by Gasteiger charge is 2.11. The van der Waals surface area contributed by atoms with Crippen LogP contribution in [0.25, 0.3) is 6.08 Å². The molecule has 0 heterocycles. The zero-order valence-electron chi connectivity index (χ0n) is 13.5. The number of benzene rings is 1. The molecular weight excluding hydrogens is 282 g/mol. The van der Waals surface area contributed by atoms with Gasteiger partial charge in [-0.15, -0.1) is 0 Å². The summed E-state index contributed by atoms with van der Waals surface area (Å²) >= 11 is 0. The average Bonchev–Trinajstić information content (AvgIpc) is 2.51. The minimum atomic E-state index is -0.553. The maximum atomic E-state index is 11.6. The number of hydrogen-bond donors (Lipinski definition) is 1. The van der Waals surface area contributed by atoms with Crippen LogP contribution in [0.15, 0.2) is 30.3 Å². The van der Waals surface area contributed by atoms with E-state index in [0.29, 0.717) is 5.92 Å². The molecule has 1 aromatic rings. The number of carbonyl (C=O) groups is 2. The third kappa shape index (κ3) is 6.43. The maximum absolute atomic E-state index is 11.6. The number of nitrogens with one attached hydrogen (secondary N) is 1. The van der Waals surface area contributed by atoms with E-state index in [1.165, 1.54) is 6.08 Å². The Bertz CT molecular complexity index is 520. The van der Waals surface area contributed by atoms with E-state index in [0.717, 1.165) is 11.3 Å². The molecule has 0 aliphatic carbocycles. The summed E-state index contributed by atoms with van der Waals surface area (Å²) in [6.45, 7) is 5.65. The summed E-state index contributed by atoms with van der Waals surface area (Å²) in [4.78, 5) is 23.1. The van der Waals surface area contributed by atoms with Gasteiger partial charge in [0.05, 0.1) is 7.11 Å². The summed E-state index contributed by atoms with van der Waals surface area (Å²) in [7, 11) is 1.59. The number of esters is 1. The highest BCUT2D eigenvalue weighted by atomic mass is 16.5. The molecule has 0 aliphatic rings. The predicted octanol–water partition coefficient (Wildman–Crippen LogP) is 2.41. The van der Waals surface area contributed by atoms with Crippen LogP contribution in [0.5, 0.6) is 5.75 Å². The fraction of sp³-hybridized carbons (Fsp3) is 0.412. The molecule has 0 bridgehead atoms. The SMILES string of the molecule is COc1ccc(/C=C/C(=O)OCC(=O)N[C@H](C)C(C)C)cc1. The second kappa shape index (κ2) is 8.87. The standard InChI is InChI=1S/C17H23NO4/c1-12(2)13(3)18-16(19)11-22-17(20)10-7-14-5-8-15(21-4)9-6-14/h5-10,12-13H,11H2,1-4H3,(H,18,19)/b10-7+/t13-/m1/s1. The van der Waals surface area contributed by atoms with E-state index in [-0.39, 0.29) is 18.6 Å². The van der Waals surface area contributed by atoms with Crippen molar-refractivity contribution in [2.75, 3.05) is 13.7 Å². The van der Waals surface area contributed by atoms with Crippen LogP contribution in [-0.4, -0.2) is 31.6 Å². The highest BCUT2D eigenvalue weighted by Crippen LogP contribution is 2.12. The first-order valence-corrected chi connectivity index (χ1v) is 7.20. The maximum Gasteiger partial charge on any atom is 0.331 e. The Kier molecular flexibility index (Phi) is 7.16. The summed E-state index contributed by atoms with van der Waals surface area (Å²) < 4.78 is 9.94. The van der Waals surface area contributed by atoms with Crippen molar-refractivity contribution in [3.8, 4) is 5.75 Å². The van der Waals surface area contributed by atoms with Crippen LogP contribution in [0.1, 0.15) is 26.3 Å². The van der Waals surface area contributed by atoms with E-state index in [1.54, 1.807) is 25.3 Å². The number of ether oxygens (including phenoxy) is 2. The van der Waals surface area contributed by atoms with Crippen molar-refractivity contribution < 1.29 is 19.1 Å². The van der Waals surface area contributed by atoms with Gasteiger partial charge >= 0.3 is 5.97 Å². The zero-order chi connectivity index (χ0) is 16.5. The summed E-state index contributed by atoms with van der Waals surface area (Å²) in [5, 5.41) is 2.77. The van der Waals surface area contributed by atoms with Crippen molar-refractivity contribution >= 4 is 18.0 Å². The molecule has 5 nitrogen and oxygen atoms in total. The molecule has 1 aromatic carbocycles. The molecule has 22 heavy (non-hydrogen) atoms. The van der Waals surface area contributed by atoms with Crippen molar-refractivity contribution in [3.05, 3.63) is 35.9 Å². The first-order valence-electron chi connectivity index (χ1n) is 7.20. The lowest BCUT2D eigenvalue weighted by Gasteiger charge is -2.16. The number of amides is 1. The molecule has 1 N–H and O–H groups in total. The molecule has 5 heteroatoms. The third-order valence-electron chi connectivity index (χ3n) is 3.26. The average molecular weight is 305 g/mol. The van der Waals surface area contributed by atoms with Crippen LogP contribution in [0.3, 0.4) is 0 Å². The molecule has 0 saturated carbocycles. The Hall–Kier alpha value is -2.30. The van der Waals surface area contributed by atoms with Crippen LogP contribution >= 0.6 is 0 Å². The molecule has 0 radical (unpaired) electrons. The molecule has 0 spiro atoms. The minimum absolute atomic E-state index is 0.0426. The van der Waals surface area contributed by atoms with Gasteiger partial charge in [-0.25, -0.2) is 4.79 Å². The van der Waals surface area contributed by atoms with Gasteiger partial charge in [0.2, 0.25) is 0 Å². The zero-order valence-corrected chi connectivity index (χ0v) is 13.5. The first kappa shape index (κ1) is 17.8. The van der Waals surface area contributed by atoms with Gasteiger partial charge in [-0.3, -0.25) is 4.79 Å². The summed E-state index contributed by atoms with van der Waals surface area (Å²) in [5.74, 6) is 0.223. The molecule has 0 unspecified atom stereocenters. The van der Waals surface area contributed by atoms with Gasteiger partial charge in [0.1, 0.15) is 5.75 Å². The van der Waals surface area contributed by atoms with Crippen molar-refractivity contribution in [3.63, 3.8) is 0 Å². The van der Waals surface area contributed by atoms with Gasteiger partial charge in [-0.2, -0.15) is 0 Å². The summed E-state index contributed by atoms with van der Waals surface area (Å²) in [6.07, 6.45) is 2.91. The molecule has 1 rings (SSSR count). The first-order chi connectivity index (χ1) is 10.4. The Morgan fingerprint density at radius 2 is 1.82 bits per heavy atom. The predicted molar refractivity (Wildman–Crippen MR) is 85.4 cm³/mol. The quantitative estimate of drug-likeness (QED) is 0.620. The fourth-order valence-corrected chi connectivity index (χ4v) is 1.53. The normalized spacial score (nSPS) is 12.2. The number of carbonyl (C=O) groups excluding carboxylic acids is 2. The van der Waals surface area contributed by atoms with Crippen LogP contribution < -0.4 is 10.1 Å². The lowest BCUT2D eigenvalue weighted by atomic mass is 10.1. The van der Waals surface area contributed by atoms with E-state index in [4.69, 9.17) is 9.47 Å². The minimum Gasteiger partial charge on any atom is -0.497 e. The van der Waals surface area contributed by atoms with E-state index in [2.05, 4.69) is 5.32 Å². The molecule has 0 aliphatic heterocycles. The van der Waals surface area contributed by atoms with Crippen LogP contribution in [-0.2, 0) is 14.3 Å². The molecule has 1 atom stereocenters.